The highest BCUT2D eigenvalue weighted by atomic mass is 19.4. The zero-order valence-electron chi connectivity index (χ0n) is 16.6. The smallest absolute Gasteiger partial charge is 0.406 e. The van der Waals surface area contributed by atoms with Crippen molar-refractivity contribution in [3.8, 4) is 5.75 Å². The minimum Gasteiger partial charge on any atom is -0.406 e. The number of ether oxygens (including phenoxy) is 2. The third-order valence-electron chi connectivity index (χ3n) is 4.71. The van der Waals surface area contributed by atoms with Crippen LogP contribution in [0, 0.1) is 10.1 Å². The number of carbonyl (C=O) groups excluding carboxylic acids is 1. The number of nitro benzene ring substituents is 1. The second-order valence-electron chi connectivity index (χ2n) is 6.91. The van der Waals surface area contributed by atoms with Gasteiger partial charge in [0.2, 0.25) is 0 Å². The number of benzene rings is 2. The Kier molecular flexibility index (Phi) is 6.64. The molecule has 11 heteroatoms. The summed E-state index contributed by atoms with van der Waals surface area (Å²) in [6.45, 7) is 1.87. The maximum absolute atomic E-state index is 12.6. The molecule has 0 spiro atoms. The summed E-state index contributed by atoms with van der Waals surface area (Å²) in [5.41, 5.74) is 0.872. The fraction of sp³-hybridized carbons (Fsp3) is 0.350. The predicted molar refractivity (Wildman–Crippen MR) is 105 cm³/mol. The summed E-state index contributed by atoms with van der Waals surface area (Å²) in [6.07, 6.45) is -4.78. The molecule has 2 aromatic carbocycles. The van der Waals surface area contributed by atoms with Crippen LogP contribution in [0.25, 0.3) is 0 Å². The van der Waals surface area contributed by atoms with Crippen LogP contribution in [0.1, 0.15) is 15.9 Å². The van der Waals surface area contributed by atoms with Crippen LogP contribution >= 0.6 is 0 Å². The Labute approximate surface area is 175 Å². The van der Waals surface area contributed by atoms with Crippen molar-refractivity contribution >= 4 is 17.3 Å². The number of morpholine rings is 1. The maximum atomic E-state index is 12.6. The summed E-state index contributed by atoms with van der Waals surface area (Å²) in [7, 11) is 1.62. The van der Waals surface area contributed by atoms with Gasteiger partial charge in [0, 0.05) is 38.3 Å². The highest BCUT2D eigenvalue weighted by Crippen LogP contribution is 2.30. The largest absolute Gasteiger partial charge is 0.573 e. The molecule has 0 radical (unpaired) electrons. The first-order chi connectivity index (χ1) is 14.6. The van der Waals surface area contributed by atoms with Crippen LogP contribution in [0.5, 0.6) is 5.75 Å². The molecule has 0 aliphatic carbocycles. The van der Waals surface area contributed by atoms with Gasteiger partial charge in [-0.2, -0.15) is 0 Å². The summed E-state index contributed by atoms with van der Waals surface area (Å²) in [5, 5.41) is 11.6. The number of nitrogens with zero attached hydrogens (tertiary/aromatic N) is 3. The number of halogens is 3. The van der Waals surface area contributed by atoms with Gasteiger partial charge < -0.3 is 19.3 Å². The topological polar surface area (TPSA) is 85.2 Å². The van der Waals surface area contributed by atoms with Crippen LogP contribution in [0.15, 0.2) is 42.5 Å². The molecule has 166 valence electrons. The Morgan fingerprint density at radius 3 is 2.42 bits per heavy atom. The first-order valence-electron chi connectivity index (χ1n) is 9.35. The van der Waals surface area contributed by atoms with E-state index in [1.54, 1.807) is 16.8 Å². The fourth-order valence-corrected chi connectivity index (χ4v) is 3.23. The molecule has 1 saturated heterocycles. The van der Waals surface area contributed by atoms with Gasteiger partial charge in [0.15, 0.2) is 0 Å². The molecule has 2 aromatic rings. The maximum Gasteiger partial charge on any atom is 0.573 e. The lowest BCUT2D eigenvalue weighted by Gasteiger charge is -2.27. The molecule has 0 atom stereocenters. The van der Waals surface area contributed by atoms with Gasteiger partial charge in [-0.1, -0.05) is 12.1 Å². The van der Waals surface area contributed by atoms with Crippen molar-refractivity contribution in [3.63, 3.8) is 0 Å². The average Bonchev–Trinajstić information content (AvgIpc) is 2.73. The Morgan fingerprint density at radius 2 is 1.84 bits per heavy atom. The van der Waals surface area contributed by atoms with Crippen molar-refractivity contribution in [2.24, 2.45) is 0 Å². The van der Waals surface area contributed by atoms with Gasteiger partial charge in [-0.05, 0) is 29.8 Å². The van der Waals surface area contributed by atoms with Gasteiger partial charge in [0.1, 0.15) is 11.4 Å². The van der Waals surface area contributed by atoms with E-state index in [1.165, 1.54) is 42.5 Å². The lowest BCUT2D eigenvalue weighted by atomic mass is 10.1. The monoisotopic (exact) mass is 439 g/mol. The lowest BCUT2D eigenvalue weighted by molar-refractivity contribution is -0.384. The number of hydrogen-bond acceptors (Lipinski definition) is 6. The van der Waals surface area contributed by atoms with E-state index in [0.717, 1.165) is 0 Å². The molecule has 0 aromatic heterocycles. The van der Waals surface area contributed by atoms with Gasteiger partial charge in [-0.25, -0.2) is 0 Å². The van der Waals surface area contributed by atoms with E-state index in [4.69, 9.17) is 4.74 Å². The number of hydrogen-bond donors (Lipinski definition) is 0. The summed E-state index contributed by atoms with van der Waals surface area (Å²) in [4.78, 5) is 26.8. The average molecular weight is 439 g/mol. The van der Waals surface area contributed by atoms with Crippen LogP contribution in [0.2, 0.25) is 0 Å². The molecule has 0 bridgehead atoms. The minimum absolute atomic E-state index is 0.198. The first-order valence-corrected chi connectivity index (χ1v) is 9.35. The van der Waals surface area contributed by atoms with E-state index in [2.05, 4.69) is 4.74 Å². The zero-order chi connectivity index (χ0) is 22.6. The van der Waals surface area contributed by atoms with Crippen molar-refractivity contribution in [1.82, 2.24) is 4.90 Å². The quantitative estimate of drug-likeness (QED) is 0.505. The molecule has 8 nitrogen and oxygen atoms in total. The van der Waals surface area contributed by atoms with E-state index < -0.39 is 11.3 Å². The minimum atomic E-state index is -4.78. The Bertz CT molecular complexity index is 944. The normalized spacial score (nSPS) is 14.3. The van der Waals surface area contributed by atoms with E-state index in [1.807, 2.05) is 0 Å². The molecule has 1 amide bonds. The highest BCUT2D eigenvalue weighted by Gasteiger charge is 2.31. The number of carbonyl (C=O) groups is 1. The van der Waals surface area contributed by atoms with Crippen molar-refractivity contribution in [2.75, 3.05) is 38.3 Å². The van der Waals surface area contributed by atoms with Crippen LogP contribution < -0.4 is 9.64 Å². The third-order valence-corrected chi connectivity index (χ3v) is 4.71. The van der Waals surface area contributed by atoms with Crippen LogP contribution in [0.4, 0.5) is 24.5 Å². The van der Waals surface area contributed by atoms with Crippen molar-refractivity contribution in [2.45, 2.75) is 12.9 Å². The van der Waals surface area contributed by atoms with E-state index >= 15 is 0 Å². The van der Waals surface area contributed by atoms with Crippen LogP contribution in [0.3, 0.4) is 0 Å². The fourth-order valence-electron chi connectivity index (χ4n) is 3.23. The van der Waals surface area contributed by atoms with Gasteiger partial charge in [0.05, 0.1) is 18.1 Å². The van der Waals surface area contributed by atoms with Crippen molar-refractivity contribution in [1.29, 1.82) is 0 Å². The van der Waals surface area contributed by atoms with Crippen LogP contribution in [-0.2, 0) is 11.3 Å². The second-order valence-corrected chi connectivity index (χ2v) is 6.91. The zero-order valence-corrected chi connectivity index (χ0v) is 16.6. The Balaban J connectivity index is 1.76. The predicted octanol–water partition coefficient (Wildman–Crippen LogP) is 3.60. The van der Waals surface area contributed by atoms with E-state index in [9.17, 15) is 28.1 Å². The molecule has 31 heavy (non-hydrogen) atoms. The van der Waals surface area contributed by atoms with Gasteiger partial charge >= 0.3 is 6.36 Å². The number of anilines is 1. The molecular formula is C20H20F3N3O5. The second kappa shape index (κ2) is 9.21. The van der Waals surface area contributed by atoms with Crippen molar-refractivity contribution in [3.05, 3.63) is 63.7 Å². The molecule has 1 aliphatic rings. The third kappa shape index (κ3) is 5.85. The van der Waals surface area contributed by atoms with E-state index in [-0.39, 0.29) is 35.1 Å². The lowest BCUT2D eigenvalue weighted by Crippen LogP contribution is -2.40. The molecule has 1 heterocycles. The summed E-state index contributed by atoms with van der Waals surface area (Å²) >= 11 is 0. The molecule has 0 N–H and O–H groups in total. The SMILES string of the molecule is CN(Cc1ccc(OC(F)(F)F)cc1)c1ccc(C(=O)N2CCOCC2)cc1[N+](=O)[O-]. The number of alkyl halides is 3. The van der Waals surface area contributed by atoms with Crippen LogP contribution in [-0.4, -0.2) is 55.4 Å². The number of nitro groups is 1. The highest BCUT2D eigenvalue weighted by molar-refractivity contribution is 5.95. The van der Waals surface area contributed by atoms with Gasteiger partial charge in [-0.15, -0.1) is 13.2 Å². The molecule has 1 aliphatic heterocycles. The summed E-state index contributed by atoms with van der Waals surface area (Å²) in [5.74, 6) is -0.656. The van der Waals surface area contributed by atoms with Gasteiger partial charge in [-0.3, -0.25) is 14.9 Å². The number of amides is 1. The first kappa shape index (κ1) is 22.3. The summed E-state index contributed by atoms with van der Waals surface area (Å²) in [6, 6.07) is 9.50. The standard InChI is InChI=1S/C20H20F3N3O5/c1-24(13-14-2-5-16(6-3-14)31-20(21,22)23)17-7-4-15(12-18(17)26(28)29)19(27)25-8-10-30-11-9-25/h2-7,12H,8-11,13H2,1H3. The molecule has 0 unspecified atom stereocenters. The van der Waals surface area contributed by atoms with Crippen molar-refractivity contribution < 1.29 is 32.4 Å². The summed E-state index contributed by atoms with van der Waals surface area (Å²) < 4.78 is 45.9. The molecule has 1 fully saturated rings. The van der Waals surface area contributed by atoms with E-state index in [0.29, 0.717) is 31.9 Å². The Hall–Kier alpha value is -3.34. The van der Waals surface area contributed by atoms with Gasteiger partial charge in [0.25, 0.3) is 11.6 Å². The number of rotatable bonds is 6. The molecule has 0 saturated carbocycles. The molecular weight excluding hydrogens is 419 g/mol. The Morgan fingerprint density at radius 1 is 1.19 bits per heavy atom. The molecule has 3 rings (SSSR count).